The van der Waals surface area contributed by atoms with Crippen LogP contribution in [0.25, 0.3) is 11.3 Å². The lowest BCUT2D eigenvalue weighted by Gasteiger charge is -2.34. The molecule has 9 nitrogen and oxygen atoms in total. The molecule has 0 radical (unpaired) electrons. The average Bonchev–Trinajstić information content (AvgIpc) is 3.10. The maximum absolute atomic E-state index is 12.2. The molecule has 3 aromatic heterocycles. The Morgan fingerprint density at radius 1 is 1.20 bits per heavy atom. The molecule has 0 aromatic carbocycles. The first-order valence-electron chi connectivity index (χ1n) is 9.72. The van der Waals surface area contributed by atoms with E-state index in [2.05, 4.69) is 25.7 Å². The fourth-order valence-electron chi connectivity index (χ4n) is 3.20. The minimum atomic E-state index is -0.252. The summed E-state index contributed by atoms with van der Waals surface area (Å²) in [5.74, 6) is 0.713. The fraction of sp³-hybridized carbons (Fsp3) is 0.381. The number of pyridine rings is 1. The van der Waals surface area contributed by atoms with Gasteiger partial charge in [-0.15, -0.1) is 10.2 Å². The molecule has 1 aliphatic carbocycles. The van der Waals surface area contributed by atoms with Crippen LogP contribution in [0.15, 0.2) is 35.0 Å². The second-order valence-corrected chi connectivity index (χ2v) is 7.30. The Bertz CT molecular complexity index is 1010. The predicted molar refractivity (Wildman–Crippen MR) is 107 cm³/mol. The normalized spacial score (nSPS) is 18.0. The molecule has 0 bridgehead atoms. The van der Waals surface area contributed by atoms with Gasteiger partial charge < -0.3 is 19.3 Å². The largest absolute Gasteiger partial charge is 0.472 e. The molecule has 0 saturated heterocycles. The van der Waals surface area contributed by atoms with Gasteiger partial charge in [0.15, 0.2) is 5.69 Å². The predicted octanol–water partition coefficient (Wildman–Crippen LogP) is 2.63. The van der Waals surface area contributed by atoms with Gasteiger partial charge >= 0.3 is 0 Å². The Morgan fingerprint density at radius 3 is 2.70 bits per heavy atom. The van der Waals surface area contributed by atoms with Crippen molar-refractivity contribution in [2.75, 3.05) is 7.11 Å². The molecule has 0 aliphatic heterocycles. The Hall–Kier alpha value is -3.33. The van der Waals surface area contributed by atoms with E-state index in [1.54, 1.807) is 25.4 Å². The Labute approximate surface area is 173 Å². The average molecular weight is 409 g/mol. The molecule has 0 atom stereocenters. The van der Waals surface area contributed by atoms with Crippen molar-refractivity contribution in [2.24, 2.45) is 0 Å². The molecule has 1 saturated carbocycles. The number of carbonyl (C=O) groups is 1. The van der Waals surface area contributed by atoms with Gasteiger partial charge in [-0.1, -0.05) is 5.16 Å². The zero-order valence-electron chi connectivity index (χ0n) is 17.1. The van der Waals surface area contributed by atoms with Crippen molar-refractivity contribution in [3.63, 3.8) is 0 Å². The monoisotopic (exact) mass is 409 g/mol. The highest BCUT2D eigenvalue weighted by Gasteiger charge is 2.30. The van der Waals surface area contributed by atoms with E-state index in [-0.39, 0.29) is 30.4 Å². The van der Waals surface area contributed by atoms with Gasteiger partial charge in [0.2, 0.25) is 5.88 Å². The quantitative estimate of drug-likeness (QED) is 0.634. The Morgan fingerprint density at radius 2 is 2.03 bits per heavy atom. The van der Waals surface area contributed by atoms with Gasteiger partial charge in [-0.2, -0.15) is 0 Å². The highest BCUT2D eigenvalue weighted by atomic mass is 16.5. The third-order valence-corrected chi connectivity index (χ3v) is 5.17. The zero-order valence-corrected chi connectivity index (χ0v) is 17.1. The molecular weight excluding hydrogens is 386 g/mol. The number of aromatic nitrogens is 4. The summed E-state index contributed by atoms with van der Waals surface area (Å²) in [6.07, 6.45) is 3.60. The number of rotatable bonds is 7. The second-order valence-electron chi connectivity index (χ2n) is 7.30. The third kappa shape index (κ3) is 4.30. The topological polar surface area (TPSA) is 112 Å². The fourth-order valence-corrected chi connectivity index (χ4v) is 3.20. The Kier molecular flexibility index (Phi) is 5.71. The lowest BCUT2D eigenvalue weighted by molar-refractivity contribution is 0.0175. The van der Waals surface area contributed by atoms with E-state index in [9.17, 15) is 4.79 Å². The van der Waals surface area contributed by atoms with Crippen LogP contribution in [0, 0.1) is 13.8 Å². The summed E-state index contributed by atoms with van der Waals surface area (Å²) in [5, 5.41) is 15.0. The van der Waals surface area contributed by atoms with Crippen molar-refractivity contribution in [1.82, 2.24) is 25.7 Å². The number of nitrogens with zero attached hydrogens (tertiary/aromatic N) is 4. The molecule has 1 N–H and O–H groups in total. The summed E-state index contributed by atoms with van der Waals surface area (Å²) >= 11 is 0. The number of methoxy groups -OCH3 is 1. The number of carbonyl (C=O) groups excluding carboxylic acids is 1. The van der Waals surface area contributed by atoms with Gasteiger partial charge in [-0.25, -0.2) is 0 Å². The summed E-state index contributed by atoms with van der Waals surface area (Å²) in [7, 11) is 1.68. The lowest BCUT2D eigenvalue weighted by Crippen LogP contribution is -2.47. The maximum Gasteiger partial charge on any atom is 0.272 e. The molecule has 3 aromatic rings. The minimum Gasteiger partial charge on any atom is -0.472 e. The van der Waals surface area contributed by atoms with Crippen LogP contribution in [-0.2, 0) is 11.3 Å². The van der Waals surface area contributed by atoms with E-state index >= 15 is 0 Å². The molecular formula is C21H23N5O4. The molecule has 1 amide bonds. The molecule has 156 valence electrons. The smallest absolute Gasteiger partial charge is 0.272 e. The van der Waals surface area contributed by atoms with E-state index in [0.717, 1.165) is 29.7 Å². The number of amides is 1. The molecule has 1 fully saturated rings. The molecule has 4 rings (SSSR count). The van der Waals surface area contributed by atoms with Crippen molar-refractivity contribution in [2.45, 2.75) is 45.4 Å². The lowest BCUT2D eigenvalue weighted by atomic mass is 9.89. The third-order valence-electron chi connectivity index (χ3n) is 5.17. The zero-order chi connectivity index (χ0) is 21.1. The molecule has 0 unspecified atom stereocenters. The summed E-state index contributed by atoms with van der Waals surface area (Å²) in [6.45, 7) is 3.96. The van der Waals surface area contributed by atoms with Crippen LogP contribution in [0.3, 0.4) is 0 Å². The van der Waals surface area contributed by atoms with E-state index in [1.807, 2.05) is 26.0 Å². The Balaban J connectivity index is 1.37. The molecule has 3 heterocycles. The number of hydrogen-bond acceptors (Lipinski definition) is 8. The van der Waals surface area contributed by atoms with Crippen LogP contribution in [-0.4, -0.2) is 45.5 Å². The van der Waals surface area contributed by atoms with Crippen LogP contribution < -0.4 is 10.1 Å². The van der Waals surface area contributed by atoms with Crippen molar-refractivity contribution in [1.29, 1.82) is 0 Å². The van der Waals surface area contributed by atoms with Crippen molar-refractivity contribution >= 4 is 5.91 Å². The summed E-state index contributed by atoms with van der Waals surface area (Å²) in [5.41, 5.74) is 3.50. The van der Waals surface area contributed by atoms with E-state index in [0.29, 0.717) is 17.3 Å². The van der Waals surface area contributed by atoms with Gasteiger partial charge in [0.1, 0.15) is 18.1 Å². The minimum absolute atomic E-state index is 0.117. The highest BCUT2D eigenvalue weighted by Crippen LogP contribution is 2.26. The summed E-state index contributed by atoms with van der Waals surface area (Å²) < 4.78 is 16.3. The SMILES string of the molecule is CO[C@H]1C[C@H](NC(=O)c2ccc(OCc3c(-c4ccc(C)nc4)noc3C)nn2)C1. The number of aryl methyl sites for hydroxylation is 2. The van der Waals surface area contributed by atoms with Crippen molar-refractivity contribution in [3.8, 4) is 17.1 Å². The van der Waals surface area contributed by atoms with Crippen molar-refractivity contribution in [3.05, 3.63) is 53.2 Å². The molecule has 30 heavy (non-hydrogen) atoms. The first kappa shape index (κ1) is 20.0. The van der Waals surface area contributed by atoms with Crippen LogP contribution in [0.4, 0.5) is 0 Å². The molecule has 0 spiro atoms. The van der Waals surface area contributed by atoms with Crippen LogP contribution >= 0.6 is 0 Å². The number of hydrogen-bond donors (Lipinski definition) is 1. The van der Waals surface area contributed by atoms with Crippen LogP contribution in [0.1, 0.15) is 40.3 Å². The summed E-state index contributed by atoms with van der Waals surface area (Å²) in [6, 6.07) is 7.18. The standard InChI is InChI=1S/C21H23N5O4/c1-12-4-5-14(10-22-12)20-17(13(2)30-26-20)11-29-19-7-6-18(24-25-19)21(27)23-15-8-16(9-15)28-3/h4-7,10,15-16H,8-9,11H2,1-3H3,(H,23,27)/t15-,16-. The maximum atomic E-state index is 12.2. The molecule has 1 aliphatic rings. The molecule has 9 heteroatoms. The van der Waals surface area contributed by atoms with Gasteiger partial charge in [-0.3, -0.25) is 9.78 Å². The van der Waals surface area contributed by atoms with Gasteiger partial charge in [-0.05, 0) is 44.9 Å². The van der Waals surface area contributed by atoms with Gasteiger partial charge in [0, 0.05) is 36.7 Å². The van der Waals surface area contributed by atoms with Crippen molar-refractivity contribution < 1.29 is 18.8 Å². The van der Waals surface area contributed by atoms with Crippen LogP contribution in [0.2, 0.25) is 0 Å². The first-order chi connectivity index (χ1) is 14.5. The van der Waals surface area contributed by atoms with E-state index in [1.165, 1.54) is 0 Å². The van der Waals surface area contributed by atoms with Gasteiger partial charge in [0.25, 0.3) is 5.91 Å². The van der Waals surface area contributed by atoms with E-state index in [4.69, 9.17) is 14.0 Å². The first-order valence-corrected chi connectivity index (χ1v) is 9.72. The second kappa shape index (κ2) is 8.58. The number of nitrogens with one attached hydrogen (secondary N) is 1. The van der Waals surface area contributed by atoms with Crippen LogP contribution in [0.5, 0.6) is 5.88 Å². The van der Waals surface area contributed by atoms with Gasteiger partial charge in [0.05, 0.1) is 11.7 Å². The highest BCUT2D eigenvalue weighted by molar-refractivity contribution is 5.92. The summed E-state index contributed by atoms with van der Waals surface area (Å²) in [4.78, 5) is 16.5. The number of ether oxygens (including phenoxy) is 2. The van der Waals surface area contributed by atoms with E-state index < -0.39 is 0 Å².